The van der Waals surface area contributed by atoms with Gasteiger partial charge in [0.15, 0.2) is 0 Å². The summed E-state index contributed by atoms with van der Waals surface area (Å²) >= 11 is 0. The molecular weight excluding hydrogens is 290 g/mol. The van der Waals surface area contributed by atoms with Gasteiger partial charge in [0.1, 0.15) is 5.75 Å². The molecule has 1 rings (SSSR count). The fourth-order valence-electron chi connectivity index (χ4n) is 1.64. The molecule has 0 aromatic heterocycles. The molecule has 0 aliphatic heterocycles. The van der Waals surface area contributed by atoms with Gasteiger partial charge in [-0.05, 0) is 24.1 Å². The zero-order valence-electron chi connectivity index (χ0n) is 12.1. The molecule has 21 heavy (non-hydrogen) atoms. The van der Waals surface area contributed by atoms with Crippen molar-refractivity contribution in [2.75, 3.05) is 26.0 Å². The predicted octanol–water partition coefficient (Wildman–Crippen LogP) is 1.01. The van der Waals surface area contributed by atoms with Gasteiger partial charge in [-0.15, -0.1) is 0 Å². The highest BCUT2D eigenvalue weighted by Gasteiger charge is 2.00. The Kier molecular flexibility index (Phi) is 7.75. The Morgan fingerprint density at radius 2 is 2.14 bits per heavy atom. The summed E-state index contributed by atoms with van der Waals surface area (Å²) in [4.78, 5) is 0. The van der Waals surface area contributed by atoms with Crippen molar-refractivity contribution in [2.45, 2.75) is 19.4 Å². The van der Waals surface area contributed by atoms with Crippen LogP contribution in [0.2, 0.25) is 0 Å². The Balaban J connectivity index is 2.27. The van der Waals surface area contributed by atoms with Crippen molar-refractivity contribution >= 4 is 10.0 Å². The van der Waals surface area contributed by atoms with Gasteiger partial charge in [-0.2, -0.15) is 5.26 Å². The first-order chi connectivity index (χ1) is 10.0. The molecule has 0 unspecified atom stereocenters. The van der Waals surface area contributed by atoms with Gasteiger partial charge in [0, 0.05) is 26.1 Å². The maximum absolute atomic E-state index is 10.9. The molecule has 0 fully saturated rings. The van der Waals surface area contributed by atoms with E-state index < -0.39 is 10.0 Å². The number of nitriles is 1. The Morgan fingerprint density at radius 3 is 2.86 bits per heavy atom. The van der Waals surface area contributed by atoms with Gasteiger partial charge in [0.05, 0.1) is 18.9 Å². The largest absolute Gasteiger partial charge is 0.494 e. The molecule has 0 aliphatic rings. The molecule has 0 saturated carbocycles. The molecule has 0 spiro atoms. The van der Waals surface area contributed by atoms with E-state index in [0.29, 0.717) is 32.7 Å². The standard InChI is InChI=1S/C14H21N3O3S/c1-21(18,19)17-9-8-16-12-13-5-4-6-14(11-13)20-10-3-2-7-15/h4-6,11,16-17H,2-3,8-10,12H2,1H3. The summed E-state index contributed by atoms with van der Waals surface area (Å²) in [7, 11) is -3.12. The molecule has 1 aromatic rings. The Labute approximate surface area is 126 Å². The number of sulfonamides is 1. The van der Waals surface area contributed by atoms with Gasteiger partial charge < -0.3 is 10.1 Å². The molecule has 7 heteroatoms. The van der Waals surface area contributed by atoms with Crippen LogP contribution < -0.4 is 14.8 Å². The third-order valence-electron chi connectivity index (χ3n) is 2.60. The van der Waals surface area contributed by atoms with Crippen LogP contribution >= 0.6 is 0 Å². The van der Waals surface area contributed by atoms with Crippen LogP contribution in [0.5, 0.6) is 5.75 Å². The molecule has 1 aromatic carbocycles. The fraction of sp³-hybridized carbons (Fsp3) is 0.500. The van der Waals surface area contributed by atoms with Gasteiger partial charge in [-0.25, -0.2) is 13.1 Å². The van der Waals surface area contributed by atoms with Gasteiger partial charge in [-0.3, -0.25) is 0 Å². The van der Waals surface area contributed by atoms with Crippen LogP contribution in [-0.2, 0) is 16.6 Å². The van der Waals surface area contributed by atoms with Crippen LogP contribution in [-0.4, -0.2) is 34.4 Å². The van der Waals surface area contributed by atoms with Gasteiger partial charge in [-0.1, -0.05) is 12.1 Å². The molecule has 0 amide bonds. The van der Waals surface area contributed by atoms with E-state index in [4.69, 9.17) is 10.00 Å². The zero-order chi connectivity index (χ0) is 15.6. The third kappa shape index (κ3) is 9.02. The van der Waals surface area contributed by atoms with Crippen LogP contribution in [0.1, 0.15) is 18.4 Å². The van der Waals surface area contributed by atoms with E-state index in [-0.39, 0.29) is 0 Å². The SMILES string of the molecule is CS(=O)(=O)NCCNCc1cccc(OCCCC#N)c1. The molecule has 6 nitrogen and oxygen atoms in total. The minimum atomic E-state index is -3.12. The predicted molar refractivity (Wildman–Crippen MR) is 81.3 cm³/mol. The molecule has 0 atom stereocenters. The van der Waals surface area contributed by atoms with Crippen molar-refractivity contribution in [3.8, 4) is 11.8 Å². The molecule has 0 aliphatic carbocycles. The van der Waals surface area contributed by atoms with Crippen LogP contribution in [0.15, 0.2) is 24.3 Å². The normalized spacial score (nSPS) is 11.0. The quantitative estimate of drug-likeness (QED) is 0.629. The molecule has 0 saturated heterocycles. The minimum absolute atomic E-state index is 0.364. The third-order valence-corrected chi connectivity index (χ3v) is 3.32. The lowest BCUT2D eigenvalue weighted by atomic mass is 10.2. The topological polar surface area (TPSA) is 91.2 Å². The van der Waals surface area contributed by atoms with Crippen LogP contribution in [0.25, 0.3) is 0 Å². The summed E-state index contributed by atoms with van der Waals surface area (Å²) < 4.78 is 29.7. The Morgan fingerprint density at radius 1 is 1.33 bits per heavy atom. The molecule has 116 valence electrons. The summed E-state index contributed by atoms with van der Waals surface area (Å²) in [6.45, 7) is 2.09. The molecular formula is C14H21N3O3S. The maximum atomic E-state index is 10.9. The summed E-state index contributed by atoms with van der Waals surface area (Å²) in [6, 6.07) is 9.77. The van der Waals surface area contributed by atoms with Crippen LogP contribution in [0.4, 0.5) is 0 Å². The van der Waals surface area contributed by atoms with Crippen molar-refractivity contribution in [1.29, 1.82) is 5.26 Å². The highest BCUT2D eigenvalue weighted by atomic mass is 32.2. The lowest BCUT2D eigenvalue weighted by Gasteiger charge is -2.08. The van der Waals surface area contributed by atoms with E-state index >= 15 is 0 Å². The lowest BCUT2D eigenvalue weighted by molar-refractivity contribution is 0.312. The van der Waals surface area contributed by atoms with Crippen molar-refractivity contribution in [3.63, 3.8) is 0 Å². The first kappa shape index (κ1) is 17.4. The smallest absolute Gasteiger partial charge is 0.208 e. The average molecular weight is 311 g/mol. The maximum Gasteiger partial charge on any atom is 0.208 e. The number of hydrogen-bond acceptors (Lipinski definition) is 5. The van der Waals surface area contributed by atoms with Gasteiger partial charge >= 0.3 is 0 Å². The molecule has 2 N–H and O–H groups in total. The highest BCUT2D eigenvalue weighted by molar-refractivity contribution is 7.88. The van der Waals surface area contributed by atoms with Crippen molar-refractivity contribution in [3.05, 3.63) is 29.8 Å². The van der Waals surface area contributed by atoms with Gasteiger partial charge in [0.2, 0.25) is 10.0 Å². The molecule has 0 radical (unpaired) electrons. The van der Waals surface area contributed by atoms with Crippen LogP contribution in [0.3, 0.4) is 0 Å². The first-order valence-corrected chi connectivity index (χ1v) is 8.64. The number of ether oxygens (including phenoxy) is 1. The number of unbranched alkanes of at least 4 members (excludes halogenated alkanes) is 1. The van der Waals surface area contributed by atoms with Gasteiger partial charge in [0.25, 0.3) is 0 Å². The summed E-state index contributed by atoms with van der Waals surface area (Å²) in [5.41, 5.74) is 1.06. The van der Waals surface area contributed by atoms with E-state index in [0.717, 1.165) is 24.0 Å². The Hall–Kier alpha value is -1.62. The lowest BCUT2D eigenvalue weighted by Crippen LogP contribution is -2.30. The highest BCUT2D eigenvalue weighted by Crippen LogP contribution is 2.13. The molecule has 0 heterocycles. The minimum Gasteiger partial charge on any atom is -0.494 e. The number of rotatable bonds is 10. The average Bonchev–Trinajstić information content (AvgIpc) is 2.42. The van der Waals surface area contributed by atoms with E-state index in [1.807, 2.05) is 24.3 Å². The second kappa shape index (κ2) is 9.34. The van der Waals surface area contributed by atoms with Crippen molar-refractivity contribution < 1.29 is 13.2 Å². The fourth-order valence-corrected chi connectivity index (χ4v) is 2.12. The number of nitrogens with zero attached hydrogens (tertiary/aromatic N) is 1. The molecule has 0 bridgehead atoms. The Bertz CT molecular complexity index is 567. The first-order valence-electron chi connectivity index (χ1n) is 6.75. The van der Waals surface area contributed by atoms with E-state index in [1.54, 1.807) is 0 Å². The van der Waals surface area contributed by atoms with E-state index in [2.05, 4.69) is 16.1 Å². The summed E-state index contributed by atoms with van der Waals surface area (Å²) in [5, 5.41) is 11.6. The zero-order valence-corrected chi connectivity index (χ0v) is 12.9. The van der Waals surface area contributed by atoms with E-state index in [1.165, 1.54) is 0 Å². The second-order valence-corrected chi connectivity index (χ2v) is 6.43. The number of benzene rings is 1. The number of hydrogen-bond donors (Lipinski definition) is 2. The van der Waals surface area contributed by atoms with E-state index in [9.17, 15) is 8.42 Å². The van der Waals surface area contributed by atoms with Crippen molar-refractivity contribution in [1.82, 2.24) is 10.0 Å². The van der Waals surface area contributed by atoms with Crippen LogP contribution in [0, 0.1) is 11.3 Å². The summed E-state index contributed by atoms with van der Waals surface area (Å²) in [5.74, 6) is 0.779. The summed E-state index contributed by atoms with van der Waals surface area (Å²) in [6.07, 6.45) is 2.35. The number of nitrogens with one attached hydrogen (secondary N) is 2. The van der Waals surface area contributed by atoms with Crippen molar-refractivity contribution in [2.24, 2.45) is 0 Å². The monoisotopic (exact) mass is 311 g/mol. The second-order valence-electron chi connectivity index (χ2n) is 4.60.